The zero-order valence-electron chi connectivity index (χ0n) is 15.6. The van der Waals surface area contributed by atoms with Gasteiger partial charge in [-0.1, -0.05) is 29.8 Å². The average Bonchev–Trinajstić information content (AvgIpc) is 2.95. The Bertz CT molecular complexity index is 976. The molecule has 0 radical (unpaired) electrons. The number of amides is 3. The van der Waals surface area contributed by atoms with Crippen molar-refractivity contribution >= 4 is 40.5 Å². The fourth-order valence-corrected chi connectivity index (χ4v) is 4.00. The van der Waals surface area contributed by atoms with Crippen LogP contribution >= 0.6 is 11.8 Å². The molecule has 3 rings (SSSR count). The lowest BCUT2D eigenvalue weighted by molar-refractivity contribution is -0.127. The minimum Gasteiger partial charge on any atom is -0.478 e. The van der Waals surface area contributed by atoms with Crippen LogP contribution in [0.1, 0.15) is 21.5 Å². The number of nitrogens with zero attached hydrogens (tertiary/aromatic N) is 2. The second kappa shape index (κ2) is 8.36. The van der Waals surface area contributed by atoms with E-state index in [1.165, 1.54) is 17.0 Å². The molecule has 0 spiro atoms. The predicted molar refractivity (Wildman–Crippen MR) is 108 cm³/mol. The Morgan fingerprint density at radius 3 is 2.48 bits per heavy atom. The summed E-state index contributed by atoms with van der Waals surface area (Å²) in [7, 11) is 0. The summed E-state index contributed by atoms with van der Waals surface area (Å²) in [6.45, 7) is 1.64. The molecule has 29 heavy (non-hydrogen) atoms. The highest BCUT2D eigenvalue weighted by atomic mass is 32.2. The average molecular weight is 413 g/mol. The summed E-state index contributed by atoms with van der Waals surface area (Å²) in [6, 6.07) is 13.2. The van der Waals surface area contributed by atoms with E-state index in [9.17, 15) is 19.2 Å². The number of carbonyl (C=O) groups excluding carboxylic acids is 3. The molecule has 1 heterocycles. The van der Waals surface area contributed by atoms with Gasteiger partial charge < -0.3 is 15.7 Å². The molecule has 1 saturated heterocycles. The molecule has 2 aromatic carbocycles. The number of carbonyl (C=O) groups is 4. The molecule has 3 amide bonds. The van der Waals surface area contributed by atoms with Crippen LogP contribution in [0, 0.1) is 6.92 Å². The Morgan fingerprint density at radius 2 is 1.86 bits per heavy atom. The standard InChI is InChI=1S/C20H19N3O5S/c1-12-5-7-15(8-6-12)22(11-16(21)24)18-17(25)23(20(28)29-18)10-13-3-2-4-14(9-13)19(26)27/h2-9,18H,10-11H2,1H3,(H2,21,24)(H,26,27)/t18-/m1/s1. The molecule has 2 aromatic rings. The van der Waals surface area contributed by atoms with Crippen molar-refractivity contribution in [2.45, 2.75) is 18.8 Å². The molecule has 0 aliphatic carbocycles. The lowest BCUT2D eigenvalue weighted by Gasteiger charge is -2.27. The highest BCUT2D eigenvalue weighted by Crippen LogP contribution is 2.33. The van der Waals surface area contributed by atoms with Crippen molar-refractivity contribution in [3.8, 4) is 0 Å². The Labute approximate surface area is 171 Å². The number of anilines is 1. The summed E-state index contributed by atoms with van der Waals surface area (Å²) in [6.07, 6.45) is 0. The van der Waals surface area contributed by atoms with Crippen LogP contribution in [0.3, 0.4) is 0 Å². The molecule has 9 heteroatoms. The van der Waals surface area contributed by atoms with Gasteiger partial charge in [0.1, 0.15) is 0 Å². The number of aromatic carboxylic acids is 1. The van der Waals surface area contributed by atoms with Crippen LogP contribution in [0.2, 0.25) is 0 Å². The maximum absolute atomic E-state index is 13.0. The van der Waals surface area contributed by atoms with E-state index in [1.54, 1.807) is 24.3 Å². The van der Waals surface area contributed by atoms with Gasteiger partial charge in [-0.15, -0.1) is 0 Å². The Morgan fingerprint density at radius 1 is 1.17 bits per heavy atom. The molecule has 8 nitrogen and oxygen atoms in total. The topological polar surface area (TPSA) is 121 Å². The second-order valence-electron chi connectivity index (χ2n) is 6.60. The van der Waals surface area contributed by atoms with E-state index < -0.39 is 28.4 Å². The van der Waals surface area contributed by atoms with Crippen molar-refractivity contribution in [2.75, 3.05) is 11.4 Å². The van der Waals surface area contributed by atoms with Crippen LogP contribution in [0.15, 0.2) is 48.5 Å². The van der Waals surface area contributed by atoms with E-state index in [2.05, 4.69) is 0 Å². The molecule has 0 aromatic heterocycles. The Hall–Kier alpha value is -3.33. The first-order valence-corrected chi connectivity index (χ1v) is 9.60. The predicted octanol–water partition coefficient (Wildman–Crippen LogP) is 2.21. The van der Waals surface area contributed by atoms with Crippen LogP contribution in [0.5, 0.6) is 0 Å². The third-order valence-corrected chi connectivity index (χ3v) is 5.50. The first-order valence-electron chi connectivity index (χ1n) is 8.72. The second-order valence-corrected chi connectivity index (χ2v) is 7.63. The monoisotopic (exact) mass is 413 g/mol. The van der Waals surface area contributed by atoms with Gasteiger partial charge in [0.05, 0.1) is 18.7 Å². The minimum absolute atomic E-state index is 0.0550. The third kappa shape index (κ3) is 4.57. The summed E-state index contributed by atoms with van der Waals surface area (Å²) in [5.74, 6) is -2.20. The number of thioether (sulfide) groups is 1. The Kier molecular flexibility index (Phi) is 5.88. The maximum Gasteiger partial charge on any atom is 0.335 e. The molecule has 150 valence electrons. The fourth-order valence-electron chi connectivity index (χ4n) is 2.97. The Balaban J connectivity index is 1.85. The van der Waals surface area contributed by atoms with Crippen molar-refractivity contribution in [3.05, 3.63) is 65.2 Å². The van der Waals surface area contributed by atoms with Gasteiger partial charge in [0, 0.05) is 5.69 Å². The molecular formula is C20H19N3O5S. The number of hydrogen-bond acceptors (Lipinski definition) is 6. The van der Waals surface area contributed by atoms with Gasteiger partial charge >= 0.3 is 5.97 Å². The van der Waals surface area contributed by atoms with Crippen molar-refractivity contribution in [1.82, 2.24) is 4.90 Å². The molecule has 3 N–H and O–H groups in total. The molecule has 0 saturated carbocycles. The molecule has 0 unspecified atom stereocenters. The number of imide groups is 1. The van der Waals surface area contributed by atoms with Crippen molar-refractivity contribution in [3.63, 3.8) is 0 Å². The van der Waals surface area contributed by atoms with Crippen LogP contribution in [-0.2, 0) is 16.1 Å². The first-order chi connectivity index (χ1) is 13.8. The van der Waals surface area contributed by atoms with Crippen LogP contribution < -0.4 is 10.6 Å². The van der Waals surface area contributed by atoms with Crippen LogP contribution in [0.4, 0.5) is 10.5 Å². The summed E-state index contributed by atoms with van der Waals surface area (Å²) in [5.41, 5.74) is 7.55. The third-order valence-electron chi connectivity index (χ3n) is 4.40. The molecule has 0 bridgehead atoms. The van der Waals surface area contributed by atoms with Gasteiger partial charge in [-0.2, -0.15) is 0 Å². The van der Waals surface area contributed by atoms with E-state index in [0.29, 0.717) is 11.3 Å². The van der Waals surface area contributed by atoms with Gasteiger partial charge in [0.15, 0.2) is 5.37 Å². The minimum atomic E-state index is -1.09. The summed E-state index contributed by atoms with van der Waals surface area (Å²) in [5, 5.41) is 7.72. The summed E-state index contributed by atoms with van der Waals surface area (Å²) in [4.78, 5) is 50.8. The fraction of sp³-hybridized carbons (Fsp3) is 0.200. The summed E-state index contributed by atoms with van der Waals surface area (Å²) < 4.78 is 0. The number of aryl methyl sites for hydroxylation is 1. The maximum atomic E-state index is 13.0. The first kappa shape index (κ1) is 20.4. The van der Waals surface area contributed by atoms with Crippen molar-refractivity contribution in [1.29, 1.82) is 0 Å². The SMILES string of the molecule is Cc1ccc(N(CC(N)=O)[C@@H]2SC(=O)N(Cc3cccc(C(=O)O)c3)C2=O)cc1. The van der Waals surface area contributed by atoms with Gasteiger partial charge in [-0.25, -0.2) is 4.79 Å². The van der Waals surface area contributed by atoms with E-state index in [1.807, 2.05) is 19.1 Å². The lowest BCUT2D eigenvalue weighted by Crippen LogP contribution is -2.45. The highest BCUT2D eigenvalue weighted by Gasteiger charge is 2.43. The van der Waals surface area contributed by atoms with Crippen LogP contribution in [-0.4, -0.2) is 44.9 Å². The van der Waals surface area contributed by atoms with Gasteiger partial charge in [-0.05, 0) is 48.5 Å². The quantitative estimate of drug-likeness (QED) is 0.714. The van der Waals surface area contributed by atoms with Gasteiger partial charge in [-0.3, -0.25) is 19.3 Å². The normalized spacial score (nSPS) is 16.2. The zero-order valence-corrected chi connectivity index (χ0v) is 16.4. The van der Waals surface area contributed by atoms with E-state index >= 15 is 0 Å². The molecule has 1 aliphatic rings. The molecule has 1 fully saturated rings. The van der Waals surface area contributed by atoms with E-state index in [0.717, 1.165) is 22.2 Å². The zero-order chi connectivity index (χ0) is 21.1. The van der Waals surface area contributed by atoms with Gasteiger partial charge in [0.25, 0.3) is 11.1 Å². The van der Waals surface area contributed by atoms with Crippen molar-refractivity contribution in [2.24, 2.45) is 5.73 Å². The molecule has 1 atom stereocenters. The number of benzene rings is 2. The number of rotatable bonds is 7. The van der Waals surface area contributed by atoms with Gasteiger partial charge in [0.2, 0.25) is 5.91 Å². The lowest BCUT2D eigenvalue weighted by atomic mass is 10.1. The van der Waals surface area contributed by atoms with E-state index in [4.69, 9.17) is 10.8 Å². The largest absolute Gasteiger partial charge is 0.478 e. The summed E-state index contributed by atoms with van der Waals surface area (Å²) >= 11 is 0.800. The number of primary amides is 1. The number of carboxylic acid groups (broad SMARTS) is 1. The smallest absolute Gasteiger partial charge is 0.335 e. The van der Waals surface area contributed by atoms with Crippen LogP contribution in [0.25, 0.3) is 0 Å². The number of carboxylic acids is 1. The molecule has 1 aliphatic heterocycles. The number of nitrogens with two attached hydrogens (primary N) is 1. The van der Waals surface area contributed by atoms with E-state index in [-0.39, 0.29) is 18.7 Å². The highest BCUT2D eigenvalue weighted by molar-refractivity contribution is 8.15. The van der Waals surface area contributed by atoms with Crippen molar-refractivity contribution < 1.29 is 24.3 Å². The number of hydrogen-bond donors (Lipinski definition) is 2. The molecular weight excluding hydrogens is 394 g/mol.